The van der Waals surface area contributed by atoms with Crippen LogP contribution in [0.25, 0.3) is 0 Å². The predicted molar refractivity (Wildman–Crippen MR) is 104 cm³/mol. The standard InChI is InChI=1S/C19H28N6O2/c1-13-16(14(2)27-24-13)6-7-19(26)21-9-8-20-17-12-18(23-15(3)22-17)25-10-4-5-11-25/h12H,4-11H2,1-3H3,(H,21,26)(H,20,22,23). The van der Waals surface area contributed by atoms with Gasteiger partial charge in [-0.25, -0.2) is 9.97 Å². The summed E-state index contributed by atoms with van der Waals surface area (Å²) in [5.74, 6) is 3.34. The average molecular weight is 372 g/mol. The molecule has 0 atom stereocenters. The smallest absolute Gasteiger partial charge is 0.220 e. The molecule has 0 aliphatic carbocycles. The number of anilines is 2. The van der Waals surface area contributed by atoms with Gasteiger partial charge >= 0.3 is 0 Å². The molecule has 0 unspecified atom stereocenters. The number of rotatable bonds is 8. The van der Waals surface area contributed by atoms with Crippen molar-refractivity contribution >= 4 is 17.5 Å². The highest BCUT2D eigenvalue weighted by molar-refractivity contribution is 5.76. The van der Waals surface area contributed by atoms with E-state index in [0.717, 1.165) is 47.6 Å². The molecule has 3 heterocycles. The minimum Gasteiger partial charge on any atom is -0.368 e. The fourth-order valence-electron chi connectivity index (χ4n) is 3.33. The van der Waals surface area contributed by atoms with Gasteiger partial charge in [0.1, 0.15) is 23.2 Å². The Morgan fingerprint density at radius 2 is 1.96 bits per heavy atom. The summed E-state index contributed by atoms with van der Waals surface area (Å²) in [6.07, 6.45) is 3.50. The van der Waals surface area contributed by atoms with Gasteiger partial charge in [0.25, 0.3) is 0 Å². The van der Waals surface area contributed by atoms with E-state index in [1.807, 2.05) is 26.8 Å². The second-order valence-electron chi connectivity index (χ2n) is 6.93. The van der Waals surface area contributed by atoms with E-state index < -0.39 is 0 Å². The van der Waals surface area contributed by atoms with Crippen LogP contribution in [0.4, 0.5) is 11.6 Å². The fourth-order valence-corrected chi connectivity index (χ4v) is 3.33. The first-order chi connectivity index (χ1) is 13.0. The van der Waals surface area contributed by atoms with Crippen molar-refractivity contribution in [3.8, 4) is 0 Å². The molecule has 1 amide bonds. The monoisotopic (exact) mass is 372 g/mol. The van der Waals surface area contributed by atoms with Gasteiger partial charge in [0, 0.05) is 44.2 Å². The molecular weight excluding hydrogens is 344 g/mol. The van der Waals surface area contributed by atoms with Gasteiger partial charge in [0.2, 0.25) is 5.91 Å². The van der Waals surface area contributed by atoms with E-state index in [1.165, 1.54) is 12.8 Å². The Kier molecular flexibility index (Phi) is 6.26. The Morgan fingerprint density at radius 1 is 1.19 bits per heavy atom. The molecule has 8 heteroatoms. The number of nitrogens with one attached hydrogen (secondary N) is 2. The minimum atomic E-state index is 0.0217. The van der Waals surface area contributed by atoms with Crippen molar-refractivity contribution in [3.63, 3.8) is 0 Å². The molecule has 2 N–H and O–H groups in total. The highest BCUT2D eigenvalue weighted by Gasteiger charge is 2.15. The van der Waals surface area contributed by atoms with Crippen molar-refractivity contribution in [2.75, 3.05) is 36.4 Å². The van der Waals surface area contributed by atoms with Gasteiger partial charge < -0.3 is 20.1 Å². The lowest BCUT2D eigenvalue weighted by molar-refractivity contribution is -0.120. The van der Waals surface area contributed by atoms with E-state index in [0.29, 0.717) is 25.9 Å². The second kappa shape index (κ2) is 8.83. The summed E-state index contributed by atoms with van der Waals surface area (Å²) < 4.78 is 5.12. The molecule has 0 radical (unpaired) electrons. The fraction of sp³-hybridized carbons (Fsp3) is 0.579. The number of aromatic nitrogens is 3. The second-order valence-corrected chi connectivity index (χ2v) is 6.93. The molecule has 8 nitrogen and oxygen atoms in total. The first-order valence-corrected chi connectivity index (χ1v) is 9.56. The van der Waals surface area contributed by atoms with Crippen molar-refractivity contribution in [1.29, 1.82) is 0 Å². The Bertz CT molecular complexity index is 763. The van der Waals surface area contributed by atoms with Crippen molar-refractivity contribution in [3.05, 3.63) is 28.9 Å². The summed E-state index contributed by atoms with van der Waals surface area (Å²) in [5.41, 5.74) is 1.88. The molecule has 146 valence electrons. The quantitative estimate of drug-likeness (QED) is 0.685. The molecule has 0 spiro atoms. The zero-order chi connectivity index (χ0) is 19.2. The number of nitrogens with zero attached hydrogens (tertiary/aromatic N) is 4. The van der Waals surface area contributed by atoms with E-state index in [-0.39, 0.29) is 5.91 Å². The third-order valence-corrected chi connectivity index (χ3v) is 4.79. The van der Waals surface area contributed by atoms with Crippen LogP contribution in [0.15, 0.2) is 10.6 Å². The maximum absolute atomic E-state index is 12.0. The lowest BCUT2D eigenvalue weighted by Crippen LogP contribution is -2.29. The van der Waals surface area contributed by atoms with Crippen molar-refractivity contribution < 1.29 is 9.32 Å². The molecule has 3 rings (SSSR count). The topological polar surface area (TPSA) is 96.2 Å². The third-order valence-electron chi connectivity index (χ3n) is 4.79. The molecular formula is C19H28N6O2. The molecule has 0 bridgehead atoms. The van der Waals surface area contributed by atoms with Crippen LogP contribution in [0.2, 0.25) is 0 Å². The maximum Gasteiger partial charge on any atom is 0.220 e. The average Bonchev–Trinajstić information content (AvgIpc) is 3.27. The number of amides is 1. The molecule has 27 heavy (non-hydrogen) atoms. The first-order valence-electron chi connectivity index (χ1n) is 9.56. The van der Waals surface area contributed by atoms with Gasteiger partial charge in [-0.1, -0.05) is 5.16 Å². The zero-order valence-electron chi connectivity index (χ0n) is 16.3. The van der Waals surface area contributed by atoms with E-state index in [1.54, 1.807) is 0 Å². The van der Waals surface area contributed by atoms with Crippen LogP contribution >= 0.6 is 0 Å². The van der Waals surface area contributed by atoms with Gasteiger partial charge in [-0.2, -0.15) is 0 Å². The van der Waals surface area contributed by atoms with E-state index in [4.69, 9.17) is 4.52 Å². The third kappa shape index (κ3) is 5.18. The van der Waals surface area contributed by atoms with Gasteiger partial charge in [-0.3, -0.25) is 4.79 Å². The Morgan fingerprint density at radius 3 is 2.67 bits per heavy atom. The summed E-state index contributed by atoms with van der Waals surface area (Å²) in [4.78, 5) is 23.3. The lowest BCUT2D eigenvalue weighted by Gasteiger charge is -2.17. The summed E-state index contributed by atoms with van der Waals surface area (Å²) >= 11 is 0. The summed E-state index contributed by atoms with van der Waals surface area (Å²) in [6, 6.07) is 1.98. The molecule has 2 aromatic rings. The summed E-state index contributed by atoms with van der Waals surface area (Å²) in [6.45, 7) is 8.94. The lowest BCUT2D eigenvalue weighted by atomic mass is 10.1. The van der Waals surface area contributed by atoms with Crippen molar-refractivity contribution in [1.82, 2.24) is 20.4 Å². The maximum atomic E-state index is 12.0. The Balaban J connectivity index is 1.41. The van der Waals surface area contributed by atoms with Crippen LogP contribution in [-0.2, 0) is 11.2 Å². The van der Waals surface area contributed by atoms with Gasteiger partial charge in [0.05, 0.1) is 5.69 Å². The van der Waals surface area contributed by atoms with Crippen molar-refractivity contribution in [2.24, 2.45) is 0 Å². The van der Waals surface area contributed by atoms with Gasteiger partial charge in [0.15, 0.2) is 0 Å². The van der Waals surface area contributed by atoms with E-state index in [2.05, 4.69) is 30.7 Å². The molecule has 0 saturated carbocycles. The van der Waals surface area contributed by atoms with E-state index in [9.17, 15) is 4.79 Å². The van der Waals surface area contributed by atoms with Crippen LogP contribution in [-0.4, -0.2) is 47.2 Å². The van der Waals surface area contributed by atoms with Crippen LogP contribution in [0.1, 0.15) is 42.1 Å². The molecule has 2 aromatic heterocycles. The number of hydrogen-bond acceptors (Lipinski definition) is 7. The Labute approximate surface area is 159 Å². The number of carbonyl (C=O) groups is 1. The van der Waals surface area contributed by atoms with Gasteiger partial charge in [-0.15, -0.1) is 0 Å². The first kappa shape index (κ1) is 19.1. The predicted octanol–water partition coefficient (Wildman–Crippen LogP) is 2.15. The zero-order valence-corrected chi connectivity index (χ0v) is 16.3. The SMILES string of the molecule is Cc1nc(NCCNC(=O)CCc2c(C)noc2C)cc(N2CCCC2)n1. The highest BCUT2D eigenvalue weighted by Crippen LogP contribution is 2.20. The molecule has 1 saturated heterocycles. The minimum absolute atomic E-state index is 0.0217. The number of carbonyl (C=O) groups excluding carboxylic acids is 1. The molecule has 1 aliphatic rings. The van der Waals surface area contributed by atoms with Crippen LogP contribution in [0.3, 0.4) is 0 Å². The highest BCUT2D eigenvalue weighted by atomic mass is 16.5. The van der Waals surface area contributed by atoms with E-state index >= 15 is 0 Å². The van der Waals surface area contributed by atoms with Crippen molar-refractivity contribution in [2.45, 2.75) is 46.5 Å². The number of hydrogen-bond donors (Lipinski definition) is 2. The number of aryl methyl sites for hydroxylation is 3. The van der Waals surface area contributed by atoms with Crippen LogP contribution in [0, 0.1) is 20.8 Å². The summed E-state index contributed by atoms with van der Waals surface area (Å²) in [5, 5.41) is 10.1. The molecule has 0 aromatic carbocycles. The van der Waals surface area contributed by atoms with Crippen LogP contribution in [0.5, 0.6) is 0 Å². The molecule has 1 aliphatic heterocycles. The summed E-state index contributed by atoms with van der Waals surface area (Å²) in [7, 11) is 0. The van der Waals surface area contributed by atoms with Crippen LogP contribution < -0.4 is 15.5 Å². The molecule has 1 fully saturated rings. The Hall–Kier alpha value is -2.64. The van der Waals surface area contributed by atoms with Gasteiger partial charge in [-0.05, 0) is 40.0 Å². The largest absolute Gasteiger partial charge is 0.368 e. The normalized spacial score (nSPS) is 13.8.